The summed E-state index contributed by atoms with van der Waals surface area (Å²) in [6.45, 7) is 4.10. The quantitative estimate of drug-likeness (QED) is 0.659. The molecular weight excluding hydrogens is 260 g/mol. The third kappa shape index (κ3) is 3.14. The van der Waals surface area contributed by atoms with Gasteiger partial charge in [-0.2, -0.15) is 0 Å². The lowest BCUT2D eigenvalue weighted by molar-refractivity contribution is -0.173. The van der Waals surface area contributed by atoms with E-state index in [9.17, 15) is 4.79 Å². The van der Waals surface area contributed by atoms with Gasteiger partial charge in [0.15, 0.2) is 0 Å². The molecular formula is C19H32O2. The van der Waals surface area contributed by atoms with Crippen LogP contribution in [-0.2, 0) is 9.53 Å². The van der Waals surface area contributed by atoms with E-state index >= 15 is 0 Å². The molecule has 0 heterocycles. The molecule has 0 N–H and O–H groups in total. The van der Waals surface area contributed by atoms with Crippen molar-refractivity contribution in [2.75, 3.05) is 0 Å². The van der Waals surface area contributed by atoms with E-state index in [1.165, 1.54) is 51.4 Å². The molecule has 2 nitrogen and oxygen atoms in total. The van der Waals surface area contributed by atoms with Crippen LogP contribution in [0.1, 0.15) is 84.5 Å². The van der Waals surface area contributed by atoms with Gasteiger partial charge in [-0.1, -0.05) is 46.0 Å². The van der Waals surface area contributed by atoms with E-state index in [1.54, 1.807) is 0 Å². The van der Waals surface area contributed by atoms with Gasteiger partial charge >= 0.3 is 5.97 Å². The lowest BCUT2D eigenvalue weighted by Gasteiger charge is -2.41. The Kier molecular flexibility index (Phi) is 4.61. The average Bonchev–Trinajstić information content (AvgIpc) is 3.08. The van der Waals surface area contributed by atoms with E-state index in [0.29, 0.717) is 5.92 Å². The summed E-state index contributed by atoms with van der Waals surface area (Å²) in [4.78, 5) is 12.4. The van der Waals surface area contributed by atoms with Crippen LogP contribution in [0.25, 0.3) is 0 Å². The highest BCUT2D eigenvalue weighted by molar-refractivity contribution is 5.72. The molecule has 120 valence electrons. The summed E-state index contributed by atoms with van der Waals surface area (Å²) in [6, 6.07) is 0. The Balaban J connectivity index is 1.70. The Hall–Kier alpha value is -0.530. The summed E-state index contributed by atoms with van der Waals surface area (Å²) in [5, 5.41) is 0. The Morgan fingerprint density at radius 3 is 2.52 bits per heavy atom. The molecule has 0 amide bonds. The van der Waals surface area contributed by atoms with Crippen LogP contribution in [0.15, 0.2) is 0 Å². The molecule has 3 aliphatic rings. The molecule has 3 aliphatic carbocycles. The highest BCUT2D eigenvalue weighted by Gasteiger charge is 2.54. The Morgan fingerprint density at radius 1 is 1.19 bits per heavy atom. The van der Waals surface area contributed by atoms with Gasteiger partial charge in [0.05, 0.1) is 5.92 Å². The van der Waals surface area contributed by atoms with E-state index < -0.39 is 0 Å². The second kappa shape index (κ2) is 6.30. The summed E-state index contributed by atoms with van der Waals surface area (Å²) < 4.78 is 6.25. The summed E-state index contributed by atoms with van der Waals surface area (Å²) >= 11 is 0. The van der Waals surface area contributed by atoms with Crippen LogP contribution in [-0.4, -0.2) is 11.6 Å². The summed E-state index contributed by atoms with van der Waals surface area (Å²) in [5.74, 6) is 2.44. The number of hydrogen-bond acceptors (Lipinski definition) is 2. The topological polar surface area (TPSA) is 26.3 Å². The lowest BCUT2D eigenvalue weighted by atomic mass is 9.74. The third-order valence-corrected chi connectivity index (χ3v) is 6.60. The van der Waals surface area contributed by atoms with Crippen molar-refractivity contribution in [1.29, 1.82) is 0 Å². The first-order valence-electron chi connectivity index (χ1n) is 9.36. The minimum atomic E-state index is -0.0779. The second-order valence-corrected chi connectivity index (χ2v) is 8.08. The Bertz CT molecular complexity index is 372. The first-order chi connectivity index (χ1) is 10.1. The number of carbonyl (C=O) groups excluding carboxylic acids is 1. The van der Waals surface area contributed by atoms with Gasteiger partial charge in [-0.05, 0) is 56.3 Å². The van der Waals surface area contributed by atoms with Gasteiger partial charge < -0.3 is 4.74 Å². The van der Waals surface area contributed by atoms with E-state index in [4.69, 9.17) is 4.74 Å². The van der Waals surface area contributed by atoms with Crippen molar-refractivity contribution in [2.45, 2.75) is 90.1 Å². The molecule has 0 radical (unpaired) electrons. The molecule has 3 saturated carbocycles. The molecule has 0 aromatic rings. The Morgan fingerprint density at radius 2 is 1.95 bits per heavy atom. The average molecular weight is 292 g/mol. The van der Waals surface area contributed by atoms with Crippen molar-refractivity contribution in [3.8, 4) is 0 Å². The van der Waals surface area contributed by atoms with Crippen LogP contribution in [0.4, 0.5) is 0 Å². The highest BCUT2D eigenvalue weighted by atomic mass is 16.6. The summed E-state index contributed by atoms with van der Waals surface area (Å²) in [5.41, 5.74) is -0.0779. The van der Waals surface area contributed by atoms with Gasteiger partial charge in [0.1, 0.15) is 5.60 Å². The van der Waals surface area contributed by atoms with Gasteiger partial charge in [-0.15, -0.1) is 0 Å². The minimum Gasteiger partial charge on any atom is -0.459 e. The van der Waals surface area contributed by atoms with Gasteiger partial charge in [0.25, 0.3) is 0 Å². The van der Waals surface area contributed by atoms with Crippen molar-refractivity contribution < 1.29 is 9.53 Å². The van der Waals surface area contributed by atoms with Crippen LogP contribution >= 0.6 is 0 Å². The standard InChI is InChI=1S/C19H32O2/c1-3-14(2)18(20)21-19(12-15-7-5-4-6-8-15)13-16-9-10-17(19)11-16/h14-17H,3-13H2,1-2H3. The first kappa shape index (κ1) is 15.4. The van der Waals surface area contributed by atoms with Gasteiger partial charge in [-0.3, -0.25) is 4.79 Å². The number of esters is 1. The maximum Gasteiger partial charge on any atom is 0.309 e. The van der Waals surface area contributed by atoms with Crippen LogP contribution in [0.3, 0.4) is 0 Å². The highest BCUT2D eigenvalue weighted by Crippen LogP contribution is 2.56. The summed E-state index contributed by atoms with van der Waals surface area (Å²) in [6.07, 6.45) is 14.1. The first-order valence-corrected chi connectivity index (χ1v) is 9.36. The normalized spacial score (nSPS) is 37.6. The molecule has 4 unspecified atom stereocenters. The van der Waals surface area contributed by atoms with E-state index in [1.807, 2.05) is 6.92 Å². The molecule has 3 fully saturated rings. The maximum absolute atomic E-state index is 12.4. The number of fused-ring (bicyclic) bond motifs is 2. The molecule has 2 bridgehead atoms. The van der Waals surface area contributed by atoms with Crippen LogP contribution in [0.5, 0.6) is 0 Å². The van der Waals surface area contributed by atoms with Gasteiger partial charge in [0, 0.05) is 0 Å². The van der Waals surface area contributed by atoms with Crippen molar-refractivity contribution in [3.63, 3.8) is 0 Å². The molecule has 21 heavy (non-hydrogen) atoms. The predicted molar refractivity (Wildman–Crippen MR) is 84.9 cm³/mol. The number of rotatable bonds is 5. The molecule has 0 spiro atoms. The van der Waals surface area contributed by atoms with Crippen molar-refractivity contribution in [3.05, 3.63) is 0 Å². The van der Waals surface area contributed by atoms with E-state index in [-0.39, 0.29) is 17.5 Å². The Labute approximate surface area is 130 Å². The number of ether oxygens (including phenoxy) is 1. The predicted octanol–water partition coefficient (Wildman–Crippen LogP) is 5.10. The van der Waals surface area contributed by atoms with Crippen molar-refractivity contribution in [1.82, 2.24) is 0 Å². The monoisotopic (exact) mass is 292 g/mol. The number of carbonyl (C=O) groups is 1. The fourth-order valence-electron chi connectivity index (χ4n) is 5.16. The van der Waals surface area contributed by atoms with Gasteiger partial charge in [-0.25, -0.2) is 0 Å². The zero-order chi connectivity index (χ0) is 14.9. The van der Waals surface area contributed by atoms with Crippen LogP contribution in [0, 0.1) is 23.7 Å². The van der Waals surface area contributed by atoms with Crippen LogP contribution < -0.4 is 0 Å². The maximum atomic E-state index is 12.4. The van der Waals surface area contributed by atoms with E-state index in [0.717, 1.165) is 31.1 Å². The number of hydrogen-bond donors (Lipinski definition) is 0. The SMILES string of the molecule is CCC(C)C(=O)OC1(CC2CCCCC2)CC2CCC1C2. The third-order valence-electron chi connectivity index (χ3n) is 6.60. The zero-order valence-electron chi connectivity index (χ0n) is 13.9. The molecule has 0 saturated heterocycles. The van der Waals surface area contributed by atoms with Gasteiger partial charge in [0.2, 0.25) is 0 Å². The van der Waals surface area contributed by atoms with E-state index in [2.05, 4.69) is 6.92 Å². The molecule has 3 rings (SSSR count). The largest absolute Gasteiger partial charge is 0.459 e. The molecule has 4 atom stereocenters. The second-order valence-electron chi connectivity index (χ2n) is 8.08. The molecule has 2 heteroatoms. The molecule has 0 aromatic heterocycles. The van der Waals surface area contributed by atoms with Crippen LogP contribution in [0.2, 0.25) is 0 Å². The fraction of sp³-hybridized carbons (Fsp3) is 0.947. The lowest BCUT2D eigenvalue weighted by Crippen LogP contribution is -2.43. The molecule has 0 aliphatic heterocycles. The smallest absolute Gasteiger partial charge is 0.309 e. The zero-order valence-corrected chi connectivity index (χ0v) is 13.9. The summed E-state index contributed by atoms with van der Waals surface area (Å²) in [7, 11) is 0. The minimum absolute atomic E-state index is 0.0624. The fourth-order valence-corrected chi connectivity index (χ4v) is 5.16. The van der Waals surface area contributed by atoms with Crippen molar-refractivity contribution in [2.24, 2.45) is 23.7 Å². The van der Waals surface area contributed by atoms with Crippen molar-refractivity contribution >= 4 is 5.97 Å². The molecule has 0 aromatic carbocycles.